The van der Waals surface area contributed by atoms with Gasteiger partial charge in [-0.3, -0.25) is 0 Å². The number of hydrogen-bond donors (Lipinski definition) is 0. The van der Waals surface area contributed by atoms with Gasteiger partial charge in [-0.1, -0.05) is 13.8 Å². The van der Waals surface area contributed by atoms with Crippen molar-refractivity contribution in [3.05, 3.63) is 0 Å². The lowest BCUT2D eigenvalue weighted by Gasteiger charge is -2.17. The summed E-state index contributed by atoms with van der Waals surface area (Å²) in [7, 11) is 0. The van der Waals surface area contributed by atoms with Gasteiger partial charge in [-0.05, 0) is 0 Å². The Morgan fingerprint density at radius 1 is 1.20 bits per heavy atom. The van der Waals surface area contributed by atoms with Crippen LogP contribution in [0.4, 0.5) is 13.2 Å². The molecule has 0 aliphatic heterocycles. The van der Waals surface area contributed by atoms with Gasteiger partial charge in [0.05, 0.1) is 0 Å². The summed E-state index contributed by atoms with van der Waals surface area (Å²) in [6.45, 7) is 4.23. The molecule has 1 nitrogen and oxygen atoms in total. The first-order chi connectivity index (χ1) is 4.49. The molecule has 0 heterocycles. The molecule has 0 aromatic heterocycles. The summed E-state index contributed by atoms with van der Waals surface area (Å²) >= 11 is -0.0648. The Morgan fingerprint density at radius 2 is 1.60 bits per heavy atom. The first-order valence-corrected chi connectivity index (χ1v) is 3.77. The molecule has 0 aromatic rings. The zero-order valence-electron chi connectivity index (χ0n) is 5.90. The molecule has 0 aliphatic carbocycles. The van der Waals surface area contributed by atoms with Crippen LogP contribution in [-0.2, 0) is 0 Å². The zero-order chi connectivity index (χ0) is 8.20. The van der Waals surface area contributed by atoms with Crippen LogP contribution in [0.3, 0.4) is 0 Å². The number of nitrogens with zero attached hydrogens (tertiary/aromatic N) is 1. The molecule has 0 bridgehead atoms. The molecular weight excluding hydrogens is 163 g/mol. The molecule has 0 aliphatic rings. The van der Waals surface area contributed by atoms with Crippen molar-refractivity contribution in [1.29, 1.82) is 0 Å². The van der Waals surface area contributed by atoms with Gasteiger partial charge in [-0.25, -0.2) is 4.31 Å². The van der Waals surface area contributed by atoms with E-state index in [0.29, 0.717) is 13.1 Å². The van der Waals surface area contributed by atoms with E-state index in [0.717, 1.165) is 0 Å². The molecular formula is C5H10F3NS. The van der Waals surface area contributed by atoms with Gasteiger partial charge in [-0.15, -0.1) is 0 Å². The molecule has 0 atom stereocenters. The Morgan fingerprint density at radius 3 is 1.70 bits per heavy atom. The van der Waals surface area contributed by atoms with E-state index in [-0.39, 0.29) is 11.9 Å². The molecule has 0 amide bonds. The lowest BCUT2D eigenvalue weighted by molar-refractivity contribution is -0.0361. The number of halogens is 3. The zero-order valence-corrected chi connectivity index (χ0v) is 6.72. The highest BCUT2D eigenvalue weighted by Crippen LogP contribution is 2.32. The Hall–Kier alpha value is 0.100. The molecule has 0 aromatic carbocycles. The molecule has 0 saturated carbocycles. The van der Waals surface area contributed by atoms with Gasteiger partial charge in [-0.2, -0.15) is 13.2 Å². The van der Waals surface area contributed by atoms with Crippen molar-refractivity contribution >= 4 is 11.9 Å². The monoisotopic (exact) mass is 173 g/mol. The van der Waals surface area contributed by atoms with Crippen LogP contribution < -0.4 is 0 Å². The lowest BCUT2D eigenvalue weighted by Crippen LogP contribution is -2.20. The van der Waals surface area contributed by atoms with Gasteiger partial charge in [0.1, 0.15) is 0 Å². The molecule has 0 fully saturated rings. The summed E-state index contributed by atoms with van der Waals surface area (Å²) in [5, 5.41) is 0. The second kappa shape index (κ2) is 4.08. The van der Waals surface area contributed by atoms with Crippen LogP contribution in [0, 0.1) is 0 Å². The van der Waals surface area contributed by atoms with Crippen LogP contribution >= 0.6 is 11.9 Å². The molecule has 0 saturated heterocycles. The van der Waals surface area contributed by atoms with Crippen molar-refractivity contribution in [3.8, 4) is 0 Å². The van der Waals surface area contributed by atoms with E-state index in [4.69, 9.17) is 0 Å². The average Bonchev–Trinajstić information content (AvgIpc) is 1.81. The summed E-state index contributed by atoms with van der Waals surface area (Å²) in [6, 6.07) is 0. The van der Waals surface area contributed by atoms with Crippen molar-refractivity contribution in [1.82, 2.24) is 4.31 Å². The summed E-state index contributed by atoms with van der Waals surface area (Å²) in [5.74, 6) is 0. The van der Waals surface area contributed by atoms with Crippen LogP contribution in [0.2, 0.25) is 0 Å². The van der Waals surface area contributed by atoms with Gasteiger partial charge in [0, 0.05) is 25.0 Å². The van der Waals surface area contributed by atoms with Crippen molar-refractivity contribution in [2.75, 3.05) is 13.1 Å². The van der Waals surface area contributed by atoms with Crippen LogP contribution in [0.25, 0.3) is 0 Å². The number of alkyl halides is 3. The molecule has 10 heavy (non-hydrogen) atoms. The van der Waals surface area contributed by atoms with Gasteiger partial charge in [0.15, 0.2) is 0 Å². The van der Waals surface area contributed by atoms with E-state index < -0.39 is 5.51 Å². The van der Waals surface area contributed by atoms with Gasteiger partial charge in [0.25, 0.3) is 0 Å². The van der Waals surface area contributed by atoms with Gasteiger partial charge >= 0.3 is 5.51 Å². The molecule has 0 spiro atoms. The molecule has 0 rings (SSSR count). The Labute approximate surface area is 62.7 Å². The van der Waals surface area contributed by atoms with E-state index in [2.05, 4.69) is 0 Å². The lowest BCUT2D eigenvalue weighted by atomic mass is 10.7. The largest absolute Gasteiger partial charge is 0.456 e. The predicted octanol–water partition coefficient (Wildman–Crippen LogP) is 2.50. The second-order valence-corrected chi connectivity index (χ2v) is 2.81. The highest BCUT2D eigenvalue weighted by Gasteiger charge is 2.31. The van der Waals surface area contributed by atoms with Gasteiger partial charge in [0.2, 0.25) is 0 Å². The number of hydrogen-bond acceptors (Lipinski definition) is 2. The van der Waals surface area contributed by atoms with E-state index in [1.807, 2.05) is 0 Å². The quantitative estimate of drug-likeness (QED) is 0.603. The predicted molar refractivity (Wildman–Crippen MR) is 36.6 cm³/mol. The summed E-state index contributed by atoms with van der Waals surface area (Å²) < 4.78 is 36.1. The van der Waals surface area contributed by atoms with E-state index >= 15 is 0 Å². The summed E-state index contributed by atoms with van der Waals surface area (Å²) in [5.41, 5.74) is -4.13. The third-order valence-electron chi connectivity index (χ3n) is 0.938. The molecule has 0 N–H and O–H groups in total. The van der Waals surface area contributed by atoms with E-state index in [1.165, 1.54) is 4.31 Å². The second-order valence-electron chi connectivity index (χ2n) is 1.65. The van der Waals surface area contributed by atoms with Crippen LogP contribution in [0.15, 0.2) is 0 Å². The topological polar surface area (TPSA) is 3.24 Å². The Balaban J connectivity index is 3.63. The SMILES string of the molecule is CCN(CC)SC(F)(F)F. The van der Waals surface area contributed by atoms with Crippen LogP contribution in [-0.4, -0.2) is 22.9 Å². The normalized spacial score (nSPS) is 12.6. The van der Waals surface area contributed by atoms with E-state index in [9.17, 15) is 13.2 Å². The van der Waals surface area contributed by atoms with Crippen molar-refractivity contribution < 1.29 is 13.2 Å². The minimum Gasteiger partial charge on any atom is -0.244 e. The smallest absolute Gasteiger partial charge is 0.244 e. The van der Waals surface area contributed by atoms with Crippen molar-refractivity contribution in [2.24, 2.45) is 0 Å². The average molecular weight is 173 g/mol. The minimum absolute atomic E-state index is 0.0648. The fraction of sp³-hybridized carbons (Fsp3) is 1.00. The fourth-order valence-electron chi connectivity index (χ4n) is 0.499. The van der Waals surface area contributed by atoms with Crippen LogP contribution in [0.5, 0.6) is 0 Å². The maximum atomic E-state index is 11.6. The minimum atomic E-state index is -4.13. The summed E-state index contributed by atoms with van der Waals surface area (Å²) in [6.07, 6.45) is 0. The molecule has 5 heteroatoms. The Kier molecular flexibility index (Phi) is 4.12. The molecule has 0 radical (unpaired) electrons. The van der Waals surface area contributed by atoms with Gasteiger partial charge < -0.3 is 0 Å². The maximum Gasteiger partial charge on any atom is 0.456 e. The highest BCUT2D eigenvalue weighted by atomic mass is 32.2. The maximum absolute atomic E-state index is 11.6. The first-order valence-electron chi connectivity index (χ1n) is 3.00. The number of rotatable bonds is 3. The summed E-state index contributed by atoms with van der Waals surface area (Å²) in [4.78, 5) is 0. The third kappa shape index (κ3) is 4.93. The standard InChI is InChI=1S/C5H10F3NS/c1-3-9(4-2)10-5(6,7)8/h3-4H2,1-2H3. The molecule has 62 valence electrons. The Bertz CT molecular complexity index is 89.4. The molecule has 0 unspecified atom stereocenters. The van der Waals surface area contributed by atoms with Crippen molar-refractivity contribution in [3.63, 3.8) is 0 Å². The van der Waals surface area contributed by atoms with Crippen LogP contribution in [0.1, 0.15) is 13.8 Å². The fourth-order valence-corrected chi connectivity index (χ4v) is 1.05. The van der Waals surface area contributed by atoms with E-state index in [1.54, 1.807) is 13.8 Å². The third-order valence-corrected chi connectivity index (χ3v) is 1.92. The highest BCUT2D eigenvalue weighted by molar-refractivity contribution is 7.97. The first kappa shape index (κ1) is 10.1. The van der Waals surface area contributed by atoms with Crippen molar-refractivity contribution in [2.45, 2.75) is 19.4 Å².